The molecule has 0 atom stereocenters. The lowest BCUT2D eigenvalue weighted by atomic mass is 10.2. The minimum atomic E-state index is -0.302. The number of nitrogens with one attached hydrogen (secondary N) is 2. The topological polar surface area (TPSA) is 121 Å². The van der Waals surface area contributed by atoms with Gasteiger partial charge in [0.1, 0.15) is 5.82 Å². The molecule has 1 heterocycles. The third-order valence-electron chi connectivity index (χ3n) is 5.59. The van der Waals surface area contributed by atoms with Crippen LogP contribution < -0.4 is 16.4 Å². The Morgan fingerprint density at radius 1 is 1.03 bits per heavy atom. The van der Waals surface area contributed by atoms with E-state index in [0.29, 0.717) is 43.2 Å². The van der Waals surface area contributed by atoms with E-state index < -0.39 is 0 Å². The summed E-state index contributed by atoms with van der Waals surface area (Å²) in [6, 6.07) is 20.5. The zero-order valence-electron chi connectivity index (χ0n) is 20.8. The number of benzene rings is 2. The largest absolute Gasteiger partial charge is 0.397 e. The molecule has 4 N–H and O–H groups in total. The first-order valence-corrected chi connectivity index (χ1v) is 12.0. The van der Waals surface area contributed by atoms with Gasteiger partial charge in [0, 0.05) is 31.9 Å². The van der Waals surface area contributed by atoms with E-state index in [1.165, 1.54) is 11.0 Å². The standard InChI is InChI=1S/C28H32N6O3/c1-2-33(19-23-8-4-3-5-9-23)20-28(37)34(21-35)17-16-30-26-14-12-22(18-31-26)13-15-27(36)32-25-11-7-6-10-24(25)29/h3-15,18,21H,2,16-17,19-20,29H2,1H3,(H,30,31)(H,32,36)/b15-13+. The molecule has 0 bridgehead atoms. The molecule has 37 heavy (non-hydrogen) atoms. The lowest BCUT2D eigenvalue weighted by molar-refractivity contribution is -0.138. The molecule has 9 heteroatoms. The number of para-hydroxylation sites is 2. The summed E-state index contributed by atoms with van der Waals surface area (Å²) in [5.41, 5.74) is 8.73. The predicted molar refractivity (Wildman–Crippen MR) is 146 cm³/mol. The Morgan fingerprint density at radius 3 is 2.46 bits per heavy atom. The molecule has 0 radical (unpaired) electrons. The number of pyridine rings is 1. The van der Waals surface area contributed by atoms with E-state index in [1.54, 1.807) is 48.7 Å². The molecule has 3 amide bonds. The predicted octanol–water partition coefficient (Wildman–Crippen LogP) is 3.23. The minimum Gasteiger partial charge on any atom is -0.397 e. The molecule has 0 saturated heterocycles. The van der Waals surface area contributed by atoms with Crippen LogP contribution >= 0.6 is 0 Å². The highest BCUT2D eigenvalue weighted by Crippen LogP contribution is 2.16. The van der Waals surface area contributed by atoms with E-state index in [1.807, 2.05) is 42.2 Å². The number of likely N-dealkylation sites (N-methyl/N-ethyl adjacent to an activating group) is 1. The van der Waals surface area contributed by atoms with Crippen molar-refractivity contribution in [2.24, 2.45) is 0 Å². The monoisotopic (exact) mass is 500 g/mol. The van der Waals surface area contributed by atoms with Crippen molar-refractivity contribution in [3.05, 3.63) is 90.1 Å². The van der Waals surface area contributed by atoms with Crippen LogP contribution in [0.1, 0.15) is 18.1 Å². The van der Waals surface area contributed by atoms with E-state index in [2.05, 4.69) is 15.6 Å². The Labute approximate surface area is 217 Å². The maximum absolute atomic E-state index is 12.6. The first-order valence-electron chi connectivity index (χ1n) is 12.0. The minimum absolute atomic E-state index is 0.161. The highest BCUT2D eigenvalue weighted by molar-refractivity contribution is 6.03. The second-order valence-electron chi connectivity index (χ2n) is 8.29. The number of nitrogen functional groups attached to an aromatic ring is 1. The molecular formula is C28H32N6O3. The van der Waals surface area contributed by atoms with Crippen molar-refractivity contribution in [1.82, 2.24) is 14.8 Å². The summed E-state index contributed by atoms with van der Waals surface area (Å²) in [7, 11) is 0. The van der Waals surface area contributed by atoms with Crippen LogP contribution in [0.5, 0.6) is 0 Å². The Bertz CT molecular complexity index is 1200. The zero-order valence-corrected chi connectivity index (χ0v) is 20.8. The molecular weight excluding hydrogens is 468 g/mol. The van der Waals surface area contributed by atoms with Crippen LogP contribution in [-0.4, -0.2) is 59.2 Å². The number of imide groups is 1. The van der Waals surface area contributed by atoms with Gasteiger partial charge in [0.2, 0.25) is 18.2 Å². The van der Waals surface area contributed by atoms with Gasteiger partial charge >= 0.3 is 0 Å². The fraction of sp³-hybridized carbons (Fsp3) is 0.214. The van der Waals surface area contributed by atoms with Crippen molar-refractivity contribution < 1.29 is 14.4 Å². The van der Waals surface area contributed by atoms with Crippen LogP contribution in [-0.2, 0) is 20.9 Å². The first-order chi connectivity index (χ1) is 18.0. The van der Waals surface area contributed by atoms with Gasteiger partial charge in [-0.2, -0.15) is 0 Å². The third kappa shape index (κ3) is 8.90. The molecule has 0 spiro atoms. The summed E-state index contributed by atoms with van der Waals surface area (Å²) in [6.07, 6.45) is 5.23. The van der Waals surface area contributed by atoms with Gasteiger partial charge in [-0.3, -0.25) is 24.2 Å². The van der Waals surface area contributed by atoms with Crippen molar-refractivity contribution in [2.75, 3.05) is 42.5 Å². The summed E-state index contributed by atoms with van der Waals surface area (Å²) < 4.78 is 0. The van der Waals surface area contributed by atoms with Crippen molar-refractivity contribution >= 4 is 41.5 Å². The molecule has 3 aromatic rings. The Balaban J connectivity index is 1.44. The molecule has 0 saturated carbocycles. The van der Waals surface area contributed by atoms with Gasteiger partial charge in [-0.15, -0.1) is 0 Å². The van der Waals surface area contributed by atoms with Gasteiger partial charge in [-0.25, -0.2) is 4.98 Å². The van der Waals surface area contributed by atoms with Crippen LogP contribution in [0.3, 0.4) is 0 Å². The van der Waals surface area contributed by atoms with Gasteiger partial charge < -0.3 is 16.4 Å². The molecule has 0 aliphatic carbocycles. The lowest BCUT2D eigenvalue weighted by Gasteiger charge is -2.23. The first kappa shape index (κ1) is 27.1. The van der Waals surface area contributed by atoms with Crippen LogP contribution in [0.2, 0.25) is 0 Å². The van der Waals surface area contributed by atoms with Gasteiger partial charge in [-0.1, -0.05) is 49.4 Å². The Morgan fingerprint density at radius 2 is 1.78 bits per heavy atom. The van der Waals surface area contributed by atoms with E-state index in [-0.39, 0.29) is 24.9 Å². The highest BCUT2D eigenvalue weighted by Gasteiger charge is 2.16. The summed E-state index contributed by atoms with van der Waals surface area (Å²) in [6.45, 7) is 4.06. The quantitative estimate of drug-likeness (QED) is 0.187. The molecule has 9 nitrogen and oxygen atoms in total. The molecule has 0 fully saturated rings. The van der Waals surface area contributed by atoms with Gasteiger partial charge in [0.15, 0.2) is 0 Å². The van der Waals surface area contributed by atoms with Crippen molar-refractivity contribution in [3.8, 4) is 0 Å². The lowest BCUT2D eigenvalue weighted by Crippen LogP contribution is -2.41. The molecule has 3 rings (SSSR count). The number of rotatable bonds is 13. The van der Waals surface area contributed by atoms with Crippen LogP contribution in [0, 0.1) is 0 Å². The number of anilines is 3. The highest BCUT2D eigenvalue weighted by atomic mass is 16.2. The molecule has 192 valence electrons. The number of nitrogens with zero attached hydrogens (tertiary/aromatic N) is 3. The number of amides is 3. The summed E-state index contributed by atoms with van der Waals surface area (Å²) in [5.74, 6) is 0.0407. The van der Waals surface area contributed by atoms with Crippen molar-refractivity contribution in [3.63, 3.8) is 0 Å². The van der Waals surface area contributed by atoms with E-state index in [0.717, 1.165) is 11.1 Å². The Kier molecular flexibility index (Phi) is 10.4. The second kappa shape index (κ2) is 14.2. The number of nitrogens with two attached hydrogens (primary N) is 1. The van der Waals surface area contributed by atoms with Crippen LogP contribution in [0.15, 0.2) is 79.0 Å². The van der Waals surface area contributed by atoms with Crippen LogP contribution in [0.4, 0.5) is 17.2 Å². The van der Waals surface area contributed by atoms with E-state index >= 15 is 0 Å². The fourth-order valence-electron chi connectivity index (χ4n) is 3.51. The number of hydrogen-bond acceptors (Lipinski definition) is 7. The number of carbonyl (C=O) groups is 3. The Hall–Kier alpha value is -4.50. The summed E-state index contributed by atoms with van der Waals surface area (Å²) in [5, 5.41) is 5.83. The zero-order chi connectivity index (χ0) is 26.5. The fourth-order valence-corrected chi connectivity index (χ4v) is 3.51. The smallest absolute Gasteiger partial charge is 0.248 e. The molecule has 0 unspecified atom stereocenters. The maximum atomic E-state index is 12.6. The van der Waals surface area contributed by atoms with Crippen LogP contribution in [0.25, 0.3) is 6.08 Å². The number of carbonyl (C=O) groups excluding carboxylic acids is 3. The molecule has 2 aromatic carbocycles. The van der Waals surface area contributed by atoms with Crippen molar-refractivity contribution in [2.45, 2.75) is 13.5 Å². The van der Waals surface area contributed by atoms with Gasteiger partial charge in [0.05, 0.1) is 17.9 Å². The normalized spacial score (nSPS) is 10.9. The summed E-state index contributed by atoms with van der Waals surface area (Å²) >= 11 is 0. The maximum Gasteiger partial charge on any atom is 0.248 e. The molecule has 1 aromatic heterocycles. The molecule has 0 aliphatic rings. The SMILES string of the molecule is CCN(CC(=O)N(C=O)CCNc1ccc(/C=C/C(=O)Nc2ccccc2N)cn1)Cc1ccccc1. The average molecular weight is 501 g/mol. The second-order valence-corrected chi connectivity index (χ2v) is 8.29. The molecule has 0 aliphatic heterocycles. The van der Waals surface area contributed by atoms with Gasteiger partial charge in [0.25, 0.3) is 0 Å². The van der Waals surface area contributed by atoms with E-state index in [9.17, 15) is 14.4 Å². The number of aromatic nitrogens is 1. The third-order valence-corrected chi connectivity index (χ3v) is 5.59. The summed E-state index contributed by atoms with van der Waals surface area (Å²) in [4.78, 5) is 43.8. The van der Waals surface area contributed by atoms with E-state index in [4.69, 9.17) is 5.73 Å². The van der Waals surface area contributed by atoms with Crippen molar-refractivity contribution in [1.29, 1.82) is 0 Å². The number of hydrogen-bond donors (Lipinski definition) is 3. The average Bonchev–Trinajstić information content (AvgIpc) is 2.92. The van der Waals surface area contributed by atoms with Gasteiger partial charge in [-0.05, 0) is 48.0 Å².